The highest BCUT2D eigenvalue weighted by atomic mass is 16.7. The van der Waals surface area contributed by atoms with Crippen molar-refractivity contribution >= 4 is 5.97 Å². The topological polar surface area (TPSA) is 94.5 Å². The van der Waals surface area contributed by atoms with Crippen molar-refractivity contribution in [2.75, 3.05) is 14.2 Å². The van der Waals surface area contributed by atoms with Gasteiger partial charge in [0.2, 0.25) is 0 Å². The SMILES string of the molecule is COC(=O)C[C@@H]1[C@H]2Oc3cc(O)cc(O)c3C[C@H]2O[C@]1(C)OC. The zero-order valence-corrected chi connectivity index (χ0v) is 13.2. The number of hydrogen-bond donors (Lipinski definition) is 2. The molecule has 0 bridgehead atoms. The molecule has 0 saturated carbocycles. The second-order valence-electron chi connectivity index (χ2n) is 5.99. The van der Waals surface area contributed by atoms with Gasteiger partial charge in [-0.05, 0) is 6.92 Å². The second-order valence-corrected chi connectivity index (χ2v) is 5.99. The molecular formula is C16H20O7. The predicted octanol–water partition coefficient (Wildman–Crippen LogP) is 1.34. The maximum atomic E-state index is 11.7. The molecule has 0 aliphatic carbocycles. The number of esters is 1. The van der Waals surface area contributed by atoms with Crippen LogP contribution in [0.3, 0.4) is 0 Å². The quantitative estimate of drug-likeness (QED) is 0.810. The molecular weight excluding hydrogens is 304 g/mol. The van der Waals surface area contributed by atoms with Crippen LogP contribution >= 0.6 is 0 Å². The van der Waals surface area contributed by atoms with Crippen LogP contribution in [0.4, 0.5) is 0 Å². The number of phenols is 2. The fourth-order valence-electron chi connectivity index (χ4n) is 3.37. The Hall–Kier alpha value is -1.99. The molecule has 1 aromatic rings. The van der Waals surface area contributed by atoms with E-state index in [0.717, 1.165) is 0 Å². The maximum Gasteiger partial charge on any atom is 0.306 e. The number of benzene rings is 1. The fraction of sp³-hybridized carbons (Fsp3) is 0.562. The van der Waals surface area contributed by atoms with Crippen LogP contribution in [0.25, 0.3) is 0 Å². The van der Waals surface area contributed by atoms with E-state index in [4.69, 9.17) is 18.9 Å². The highest BCUT2D eigenvalue weighted by molar-refractivity contribution is 5.69. The van der Waals surface area contributed by atoms with E-state index in [1.165, 1.54) is 26.4 Å². The Morgan fingerprint density at radius 1 is 1.39 bits per heavy atom. The molecule has 4 atom stereocenters. The van der Waals surface area contributed by atoms with E-state index in [2.05, 4.69) is 0 Å². The summed E-state index contributed by atoms with van der Waals surface area (Å²) in [6.07, 6.45) is -0.310. The Morgan fingerprint density at radius 2 is 2.13 bits per heavy atom. The van der Waals surface area contributed by atoms with Gasteiger partial charge in [-0.15, -0.1) is 0 Å². The monoisotopic (exact) mass is 324 g/mol. The molecule has 7 nitrogen and oxygen atoms in total. The van der Waals surface area contributed by atoms with Crippen LogP contribution in [0.5, 0.6) is 17.2 Å². The zero-order chi connectivity index (χ0) is 16.8. The minimum atomic E-state index is -0.997. The Balaban J connectivity index is 1.94. The smallest absolute Gasteiger partial charge is 0.306 e. The van der Waals surface area contributed by atoms with Gasteiger partial charge >= 0.3 is 5.97 Å². The summed E-state index contributed by atoms with van der Waals surface area (Å²) in [5, 5.41) is 19.6. The lowest BCUT2D eigenvalue weighted by atomic mass is 9.87. The van der Waals surface area contributed by atoms with E-state index in [-0.39, 0.29) is 35.9 Å². The summed E-state index contributed by atoms with van der Waals surface area (Å²) in [5.41, 5.74) is 0.571. The number of hydrogen-bond acceptors (Lipinski definition) is 7. The summed E-state index contributed by atoms with van der Waals surface area (Å²) in [4.78, 5) is 11.7. The van der Waals surface area contributed by atoms with E-state index in [1.807, 2.05) is 0 Å². The first kappa shape index (κ1) is 15.9. The van der Waals surface area contributed by atoms with Crippen LogP contribution in [0.2, 0.25) is 0 Å². The Kier molecular flexibility index (Phi) is 3.85. The number of methoxy groups -OCH3 is 2. The summed E-state index contributed by atoms with van der Waals surface area (Å²) >= 11 is 0. The van der Waals surface area contributed by atoms with Gasteiger partial charge in [0.15, 0.2) is 5.79 Å². The lowest BCUT2D eigenvalue weighted by Gasteiger charge is -2.31. The van der Waals surface area contributed by atoms with Crippen LogP contribution < -0.4 is 4.74 Å². The van der Waals surface area contributed by atoms with Gasteiger partial charge in [0, 0.05) is 31.2 Å². The van der Waals surface area contributed by atoms with E-state index in [9.17, 15) is 15.0 Å². The van der Waals surface area contributed by atoms with Crippen LogP contribution in [-0.4, -0.2) is 48.4 Å². The number of carbonyl (C=O) groups is 1. The Morgan fingerprint density at radius 3 is 2.78 bits per heavy atom. The minimum absolute atomic E-state index is 0.0439. The van der Waals surface area contributed by atoms with Crippen molar-refractivity contribution in [2.45, 2.75) is 37.8 Å². The predicted molar refractivity (Wildman–Crippen MR) is 78.3 cm³/mol. The number of ether oxygens (including phenoxy) is 4. The molecule has 3 rings (SSSR count). The molecule has 2 heterocycles. The van der Waals surface area contributed by atoms with Crippen LogP contribution in [0, 0.1) is 5.92 Å². The Labute approximate surface area is 133 Å². The molecule has 0 radical (unpaired) electrons. The number of carbonyl (C=O) groups excluding carboxylic acids is 1. The zero-order valence-electron chi connectivity index (χ0n) is 13.2. The molecule has 2 aliphatic rings. The lowest BCUT2D eigenvalue weighted by Crippen LogP contribution is -2.42. The van der Waals surface area contributed by atoms with Crippen molar-refractivity contribution in [1.29, 1.82) is 0 Å². The highest BCUT2D eigenvalue weighted by Gasteiger charge is 2.56. The summed E-state index contributed by atoms with van der Waals surface area (Å²) in [5.74, 6) is -1.49. The van der Waals surface area contributed by atoms with Crippen molar-refractivity contribution in [1.82, 2.24) is 0 Å². The number of aromatic hydroxyl groups is 2. The fourth-order valence-corrected chi connectivity index (χ4v) is 3.37. The third-order valence-corrected chi connectivity index (χ3v) is 4.68. The van der Waals surface area contributed by atoms with Gasteiger partial charge in [-0.3, -0.25) is 4.79 Å². The van der Waals surface area contributed by atoms with Gasteiger partial charge < -0.3 is 29.2 Å². The van der Waals surface area contributed by atoms with Gasteiger partial charge in [0.1, 0.15) is 29.5 Å². The van der Waals surface area contributed by atoms with Gasteiger partial charge in [-0.25, -0.2) is 0 Å². The molecule has 0 unspecified atom stereocenters. The van der Waals surface area contributed by atoms with Gasteiger partial charge in [0.05, 0.1) is 19.4 Å². The molecule has 7 heteroatoms. The first-order valence-electron chi connectivity index (χ1n) is 7.39. The number of rotatable bonds is 3. The standard InChI is InChI=1S/C16H20O7/c1-16(21-3)10(7-14(19)20-2)15-13(23-16)6-9-11(18)4-8(17)5-12(9)22-15/h4-5,10,13,15,17-18H,6-7H2,1-3H3/t10-,13-,15-,16+/m1/s1. The van der Waals surface area contributed by atoms with Gasteiger partial charge in [0.25, 0.3) is 0 Å². The normalized spacial score (nSPS) is 31.9. The van der Waals surface area contributed by atoms with Crippen molar-refractivity contribution in [3.8, 4) is 17.2 Å². The molecule has 1 fully saturated rings. The summed E-state index contributed by atoms with van der Waals surface area (Å²) in [6.45, 7) is 1.75. The van der Waals surface area contributed by atoms with Gasteiger partial charge in [-0.1, -0.05) is 0 Å². The van der Waals surface area contributed by atoms with Crippen LogP contribution in [0.1, 0.15) is 18.9 Å². The van der Waals surface area contributed by atoms with E-state index in [0.29, 0.717) is 17.7 Å². The molecule has 0 amide bonds. The van der Waals surface area contributed by atoms with Crippen LogP contribution in [-0.2, 0) is 25.4 Å². The highest BCUT2D eigenvalue weighted by Crippen LogP contribution is 2.48. The molecule has 126 valence electrons. The third kappa shape index (κ3) is 2.60. The van der Waals surface area contributed by atoms with Crippen molar-refractivity contribution in [2.24, 2.45) is 5.92 Å². The van der Waals surface area contributed by atoms with Gasteiger partial charge in [-0.2, -0.15) is 0 Å². The number of phenolic OH excluding ortho intramolecular Hbond substituents is 2. The number of fused-ring (bicyclic) bond motifs is 2. The van der Waals surface area contributed by atoms with Crippen molar-refractivity contribution < 1.29 is 34.0 Å². The van der Waals surface area contributed by atoms with Crippen molar-refractivity contribution in [3.63, 3.8) is 0 Å². The van der Waals surface area contributed by atoms with Crippen LogP contribution in [0.15, 0.2) is 12.1 Å². The third-order valence-electron chi connectivity index (χ3n) is 4.68. The lowest BCUT2D eigenvalue weighted by molar-refractivity contribution is -0.219. The summed E-state index contributed by atoms with van der Waals surface area (Å²) in [6, 6.07) is 2.71. The maximum absolute atomic E-state index is 11.7. The first-order valence-corrected chi connectivity index (χ1v) is 7.39. The van der Waals surface area contributed by atoms with E-state index in [1.54, 1.807) is 6.92 Å². The average Bonchev–Trinajstić information content (AvgIpc) is 2.78. The Bertz CT molecular complexity index is 629. The molecule has 1 aromatic carbocycles. The van der Waals surface area contributed by atoms with E-state index >= 15 is 0 Å². The first-order chi connectivity index (χ1) is 10.9. The summed E-state index contributed by atoms with van der Waals surface area (Å²) in [7, 11) is 2.84. The van der Waals surface area contributed by atoms with Crippen molar-refractivity contribution in [3.05, 3.63) is 17.7 Å². The molecule has 0 spiro atoms. The minimum Gasteiger partial charge on any atom is -0.508 e. The second kappa shape index (κ2) is 5.58. The molecule has 2 aliphatic heterocycles. The molecule has 1 saturated heterocycles. The average molecular weight is 324 g/mol. The molecule has 0 aromatic heterocycles. The summed E-state index contributed by atoms with van der Waals surface area (Å²) < 4.78 is 22.1. The largest absolute Gasteiger partial charge is 0.508 e. The molecule has 2 N–H and O–H groups in total. The van der Waals surface area contributed by atoms with E-state index < -0.39 is 11.9 Å². The molecule has 23 heavy (non-hydrogen) atoms.